The molecule has 0 atom stereocenters. The second-order valence-electron chi connectivity index (χ2n) is 5.59. The fourth-order valence-corrected chi connectivity index (χ4v) is 3.25. The van der Waals surface area contributed by atoms with Gasteiger partial charge in [0.05, 0.1) is 12.2 Å². The van der Waals surface area contributed by atoms with E-state index in [9.17, 15) is 0 Å². The van der Waals surface area contributed by atoms with E-state index in [1.807, 2.05) is 49.4 Å². The van der Waals surface area contributed by atoms with Crippen LogP contribution in [0.3, 0.4) is 0 Å². The van der Waals surface area contributed by atoms with E-state index >= 15 is 0 Å². The second kappa shape index (κ2) is 8.96. The van der Waals surface area contributed by atoms with Crippen LogP contribution in [-0.4, -0.2) is 10.9 Å². The molecule has 0 aliphatic carbocycles. The quantitative estimate of drug-likeness (QED) is 0.326. The summed E-state index contributed by atoms with van der Waals surface area (Å²) in [6.45, 7) is 4.59. The summed E-state index contributed by atoms with van der Waals surface area (Å²) >= 11 is 1.66. The van der Waals surface area contributed by atoms with Gasteiger partial charge in [0.2, 0.25) is 0 Å². The lowest BCUT2D eigenvalue weighted by atomic mass is 10.2. The van der Waals surface area contributed by atoms with Crippen molar-refractivity contribution in [1.82, 2.24) is 4.98 Å². The van der Waals surface area contributed by atoms with E-state index in [4.69, 9.17) is 5.73 Å². The first kappa shape index (κ1) is 19.4. The van der Waals surface area contributed by atoms with E-state index < -0.39 is 0 Å². The van der Waals surface area contributed by atoms with Gasteiger partial charge in [-0.15, -0.1) is 35.3 Å². The third-order valence-electron chi connectivity index (χ3n) is 3.63. The SMILES string of the molecule is Cc1ccc(NC(N)=NCc2sc(-c3ccccc3)nc2C)cc1.I. The molecule has 0 saturated heterocycles. The molecule has 25 heavy (non-hydrogen) atoms. The summed E-state index contributed by atoms with van der Waals surface area (Å²) in [7, 11) is 0. The predicted molar refractivity (Wildman–Crippen MR) is 118 cm³/mol. The first-order valence-corrected chi connectivity index (χ1v) is 8.59. The monoisotopic (exact) mass is 464 g/mol. The number of anilines is 1. The highest BCUT2D eigenvalue weighted by Gasteiger charge is 2.08. The van der Waals surface area contributed by atoms with Crippen molar-refractivity contribution in [3.8, 4) is 10.6 Å². The average Bonchev–Trinajstić information content (AvgIpc) is 2.97. The molecule has 0 aliphatic heterocycles. The van der Waals surface area contributed by atoms with Crippen molar-refractivity contribution in [3.05, 3.63) is 70.7 Å². The number of guanidine groups is 1. The molecule has 3 N–H and O–H groups in total. The van der Waals surface area contributed by atoms with Crippen LogP contribution < -0.4 is 11.1 Å². The minimum absolute atomic E-state index is 0. The van der Waals surface area contributed by atoms with Gasteiger partial charge in [0.1, 0.15) is 5.01 Å². The molecule has 4 nitrogen and oxygen atoms in total. The van der Waals surface area contributed by atoms with Crippen LogP contribution in [0.4, 0.5) is 5.69 Å². The van der Waals surface area contributed by atoms with Gasteiger partial charge in [0.25, 0.3) is 0 Å². The first-order valence-electron chi connectivity index (χ1n) is 7.77. The standard InChI is InChI=1S/C19H20N4S.HI/c1-13-8-10-16(11-9-13)23-19(20)21-12-17-14(2)22-18(24-17)15-6-4-3-5-7-15;/h3-11H,12H2,1-2H3,(H3,20,21,23);1H. The molecule has 2 aromatic carbocycles. The highest BCUT2D eigenvalue weighted by atomic mass is 127. The molecule has 6 heteroatoms. The predicted octanol–water partition coefficient (Wildman–Crippen LogP) is 4.97. The summed E-state index contributed by atoms with van der Waals surface area (Å²) in [5.74, 6) is 0.410. The molecule has 0 unspecified atom stereocenters. The highest BCUT2D eigenvalue weighted by Crippen LogP contribution is 2.28. The number of nitrogens with two attached hydrogens (primary N) is 1. The van der Waals surface area contributed by atoms with Crippen LogP contribution in [0.15, 0.2) is 59.6 Å². The molecule has 0 spiro atoms. The Hall–Kier alpha value is -1.93. The van der Waals surface area contributed by atoms with Gasteiger partial charge in [-0.3, -0.25) is 0 Å². The van der Waals surface area contributed by atoms with E-state index in [0.29, 0.717) is 12.5 Å². The third-order valence-corrected chi connectivity index (χ3v) is 4.82. The summed E-state index contributed by atoms with van der Waals surface area (Å²) in [4.78, 5) is 10.2. The molecule has 0 aliphatic rings. The maximum absolute atomic E-state index is 5.98. The van der Waals surface area contributed by atoms with E-state index in [-0.39, 0.29) is 24.0 Å². The molecule has 1 aromatic heterocycles. The maximum Gasteiger partial charge on any atom is 0.193 e. The number of rotatable bonds is 4. The van der Waals surface area contributed by atoms with Crippen LogP contribution in [0.25, 0.3) is 10.6 Å². The van der Waals surface area contributed by atoms with Crippen LogP contribution >= 0.6 is 35.3 Å². The summed E-state index contributed by atoms with van der Waals surface area (Å²) < 4.78 is 0. The molecule has 0 amide bonds. The van der Waals surface area contributed by atoms with Crippen LogP contribution in [0.2, 0.25) is 0 Å². The Bertz CT molecular complexity index is 842. The molecular weight excluding hydrogens is 443 g/mol. The van der Waals surface area contributed by atoms with Gasteiger partial charge in [0.15, 0.2) is 5.96 Å². The van der Waals surface area contributed by atoms with Crippen molar-refractivity contribution < 1.29 is 0 Å². The first-order chi connectivity index (χ1) is 11.6. The number of benzene rings is 2. The summed E-state index contributed by atoms with van der Waals surface area (Å²) in [6.07, 6.45) is 0. The van der Waals surface area contributed by atoms with E-state index in [1.54, 1.807) is 11.3 Å². The van der Waals surface area contributed by atoms with Crippen LogP contribution in [-0.2, 0) is 6.54 Å². The van der Waals surface area contributed by atoms with Crippen LogP contribution in [0.1, 0.15) is 16.1 Å². The maximum atomic E-state index is 5.98. The number of halogens is 1. The van der Waals surface area contributed by atoms with Gasteiger partial charge < -0.3 is 11.1 Å². The number of thiazole rings is 1. The summed E-state index contributed by atoms with van der Waals surface area (Å²) in [6, 6.07) is 18.2. The molecule has 0 fully saturated rings. The lowest BCUT2D eigenvalue weighted by Gasteiger charge is -2.05. The van der Waals surface area contributed by atoms with Crippen molar-refractivity contribution >= 4 is 47.0 Å². The Balaban J connectivity index is 0.00000225. The molecular formula is C19H21IN4S. The molecule has 3 aromatic rings. The number of aliphatic imine (C=N–C) groups is 1. The Labute approximate surface area is 169 Å². The summed E-state index contributed by atoms with van der Waals surface area (Å²) in [5.41, 5.74) is 10.3. The van der Waals surface area contributed by atoms with Crippen molar-refractivity contribution in [2.75, 3.05) is 5.32 Å². The van der Waals surface area contributed by atoms with Crippen molar-refractivity contribution in [3.63, 3.8) is 0 Å². The molecule has 1 heterocycles. The average molecular weight is 464 g/mol. The number of nitrogens with zero attached hydrogens (tertiary/aromatic N) is 2. The number of hydrogen-bond acceptors (Lipinski definition) is 3. The molecule has 0 bridgehead atoms. The van der Waals surface area contributed by atoms with E-state index in [1.165, 1.54) is 5.56 Å². The number of nitrogens with one attached hydrogen (secondary N) is 1. The molecule has 3 rings (SSSR count). The minimum Gasteiger partial charge on any atom is -0.370 e. The van der Waals surface area contributed by atoms with Gasteiger partial charge in [-0.05, 0) is 26.0 Å². The number of aryl methyl sites for hydroxylation is 2. The highest BCUT2D eigenvalue weighted by molar-refractivity contribution is 14.0. The zero-order valence-corrected chi connectivity index (χ0v) is 17.3. The van der Waals surface area contributed by atoms with Gasteiger partial charge in [-0.2, -0.15) is 0 Å². The van der Waals surface area contributed by atoms with Gasteiger partial charge in [0, 0.05) is 16.1 Å². The lowest BCUT2D eigenvalue weighted by molar-refractivity contribution is 1.05. The zero-order chi connectivity index (χ0) is 16.9. The van der Waals surface area contributed by atoms with Crippen molar-refractivity contribution in [2.24, 2.45) is 10.7 Å². The summed E-state index contributed by atoms with van der Waals surface area (Å²) in [5, 5.41) is 4.13. The van der Waals surface area contributed by atoms with Gasteiger partial charge in [-0.1, -0.05) is 48.0 Å². The Morgan fingerprint density at radius 3 is 2.44 bits per heavy atom. The third kappa shape index (κ3) is 5.27. The van der Waals surface area contributed by atoms with E-state index in [2.05, 4.69) is 34.3 Å². The Morgan fingerprint density at radius 1 is 1.08 bits per heavy atom. The fraction of sp³-hybridized carbons (Fsp3) is 0.158. The minimum atomic E-state index is 0. The largest absolute Gasteiger partial charge is 0.370 e. The number of hydrogen-bond donors (Lipinski definition) is 2. The van der Waals surface area contributed by atoms with Crippen LogP contribution in [0, 0.1) is 13.8 Å². The molecule has 130 valence electrons. The topological polar surface area (TPSA) is 63.3 Å². The normalized spacial score (nSPS) is 11.0. The fourth-order valence-electron chi connectivity index (χ4n) is 2.26. The molecule has 0 radical (unpaired) electrons. The van der Waals surface area contributed by atoms with Crippen LogP contribution in [0.5, 0.6) is 0 Å². The van der Waals surface area contributed by atoms with Crippen molar-refractivity contribution in [1.29, 1.82) is 0 Å². The Morgan fingerprint density at radius 2 is 1.76 bits per heavy atom. The smallest absolute Gasteiger partial charge is 0.193 e. The van der Waals surface area contributed by atoms with Gasteiger partial charge in [-0.25, -0.2) is 9.98 Å². The molecule has 0 saturated carbocycles. The lowest BCUT2D eigenvalue weighted by Crippen LogP contribution is -2.22. The number of aromatic nitrogens is 1. The zero-order valence-electron chi connectivity index (χ0n) is 14.2. The van der Waals surface area contributed by atoms with Gasteiger partial charge >= 0.3 is 0 Å². The second-order valence-corrected chi connectivity index (χ2v) is 6.67. The van der Waals surface area contributed by atoms with E-state index in [0.717, 1.165) is 26.8 Å². The Kier molecular flexibility index (Phi) is 6.95. The van der Waals surface area contributed by atoms with Crippen molar-refractivity contribution in [2.45, 2.75) is 20.4 Å².